The molecule has 1 fully saturated rings. The number of nitrogens with two attached hydrogens (primary N) is 1. The van der Waals surface area contributed by atoms with E-state index in [0.717, 1.165) is 28.8 Å². The number of benzene rings is 3. The van der Waals surface area contributed by atoms with Crippen molar-refractivity contribution in [2.24, 2.45) is 5.73 Å². The second-order valence-electron chi connectivity index (χ2n) is 12.4. The molecule has 0 saturated carbocycles. The van der Waals surface area contributed by atoms with E-state index in [2.05, 4.69) is 10.6 Å². The van der Waals surface area contributed by atoms with Crippen LogP contribution < -0.4 is 21.3 Å². The molecule has 5 rings (SSSR count). The molecule has 12 heteroatoms. The summed E-state index contributed by atoms with van der Waals surface area (Å²) in [6, 6.07) is 17.1. The van der Waals surface area contributed by atoms with Crippen LogP contribution in [0.5, 0.6) is 0 Å². The van der Waals surface area contributed by atoms with Gasteiger partial charge < -0.3 is 30.9 Å². The van der Waals surface area contributed by atoms with Crippen LogP contribution >= 0.6 is 0 Å². The van der Waals surface area contributed by atoms with Crippen LogP contribution in [0.2, 0.25) is 0 Å². The van der Waals surface area contributed by atoms with Gasteiger partial charge in [0.1, 0.15) is 6.04 Å². The van der Waals surface area contributed by atoms with Gasteiger partial charge >= 0.3 is 12.2 Å². The molecule has 0 aromatic heterocycles. The Morgan fingerprint density at radius 3 is 2.37 bits per heavy atom. The lowest BCUT2D eigenvalue weighted by molar-refractivity contribution is -0.137. The number of morpholine rings is 1. The molecule has 0 unspecified atom stereocenters. The van der Waals surface area contributed by atoms with E-state index in [1.165, 1.54) is 11.0 Å². The summed E-state index contributed by atoms with van der Waals surface area (Å²) in [4.78, 5) is 42.6. The van der Waals surface area contributed by atoms with E-state index in [4.69, 9.17) is 10.5 Å². The Morgan fingerprint density at radius 1 is 1.00 bits per heavy atom. The number of halogens is 3. The normalized spacial score (nSPS) is 17.3. The van der Waals surface area contributed by atoms with Crippen molar-refractivity contribution in [1.29, 1.82) is 0 Å². The highest BCUT2D eigenvalue weighted by Gasteiger charge is 2.35. The lowest BCUT2D eigenvalue weighted by atomic mass is 10.0. The number of aryl methyl sites for hydroxylation is 1. The Bertz CT molecular complexity index is 1580. The largest absolute Gasteiger partial charge is 0.416 e. The maximum Gasteiger partial charge on any atom is 0.416 e. The molecule has 4 N–H and O–H groups in total. The van der Waals surface area contributed by atoms with Crippen molar-refractivity contribution < 1.29 is 32.3 Å². The maximum absolute atomic E-state index is 13.9. The molecule has 3 aromatic rings. The van der Waals surface area contributed by atoms with Crippen molar-refractivity contribution in [3.63, 3.8) is 0 Å². The summed E-state index contributed by atoms with van der Waals surface area (Å²) in [5.41, 5.74) is 8.15. The number of fused-ring (bicyclic) bond motifs is 1. The number of alkyl halides is 3. The first kappa shape index (κ1) is 33.0. The van der Waals surface area contributed by atoms with Crippen LogP contribution in [-0.4, -0.2) is 60.6 Å². The van der Waals surface area contributed by atoms with Gasteiger partial charge in [-0.3, -0.25) is 9.59 Å². The summed E-state index contributed by atoms with van der Waals surface area (Å²) in [7, 11) is 0. The van der Waals surface area contributed by atoms with E-state index in [1.807, 2.05) is 48.5 Å². The molecule has 0 bridgehead atoms. The smallest absolute Gasteiger partial charge is 0.378 e. The number of ether oxygens (including phenoxy) is 1. The Hall–Kier alpha value is -4.42. The quantitative estimate of drug-likeness (QED) is 0.324. The zero-order valence-corrected chi connectivity index (χ0v) is 25.8. The molecule has 244 valence electrons. The van der Waals surface area contributed by atoms with Crippen LogP contribution in [0, 0.1) is 0 Å². The van der Waals surface area contributed by atoms with Crippen LogP contribution in [0.1, 0.15) is 43.4 Å². The molecular weight excluding hydrogens is 599 g/mol. The highest BCUT2D eigenvalue weighted by atomic mass is 19.4. The Labute approximate surface area is 265 Å². The molecule has 2 aliphatic heterocycles. The van der Waals surface area contributed by atoms with Gasteiger partial charge in [-0.25, -0.2) is 4.79 Å². The van der Waals surface area contributed by atoms with Gasteiger partial charge in [0.15, 0.2) is 0 Å². The van der Waals surface area contributed by atoms with Gasteiger partial charge in [0, 0.05) is 36.3 Å². The van der Waals surface area contributed by atoms with Crippen LogP contribution in [0.3, 0.4) is 0 Å². The maximum atomic E-state index is 13.9. The number of para-hydroxylation sites is 1. The van der Waals surface area contributed by atoms with Crippen molar-refractivity contribution in [2.75, 3.05) is 36.5 Å². The number of nitrogens with one attached hydrogen (secondary N) is 2. The van der Waals surface area contributed by atoms with Gasteiger partial charge in [-0.2, -0.15) is 13.2 Å². The molecule has 2 heterocycles. The SMILES string of the molecule is CC(C)(N)CC(=O)N[C@@H]1CCc2cc(C(F)(F)F)ccc2N(Cc2ccc(-c3ccccc3NC(=O)N3CCOCC3)cc2)C1=O. The van der Waals surface area contributed by atoms with Gasteiger partial charge in [0.2, 0.25) is 11.8 Å². The number of nitrogens with zero attached hydrogens (tertiary/aromatic N) is 2. The van der Waals surface area contributed by atoms with Gasteiger partial charge in [0.05, 0.1) is 31.0 Å². The summed E-state index contributed by atoms with van der Waals surface area (Å²) >= 11 is 0. The van der Waals surface area contributed by atoms with Crippen LogP contribution in [0.4, 0.5) is 29.3 Å². The van der Waals surface area contributed by atoms with E-state index >= 15 is 0 Å². The third-order valence-corrected chi connectivity index (χ3v) is 7.99. The molecule has 46 heavy (non-hydrogen) atoms. The van der Waals surface area contributed by atoms with Gasteiger partial charge in [0.25, 0.3) is 0 Å². The molecule has 0 spiro atoms. The van der Waals surface area contributed by atoms with E-state index < -0.39 is 35.1 Å². The zero-order valence-electron chi connectivity index (χ0n) is 25.8. The first-order valence-corrected chi connectivity index (χ1v) is 15.2. The fourth-order valence-electron chi connectivity index (χ4n) is 5.69. The molecular formula is C34H38F3N5O4. The number of anilines is 2. The first-order chi connectivity index (χ1) is 21.8. The molecule has 1 saturated heterocycles. The van der Waals surface area contributed by atoms with Crippen molar-refractivity contribution in [3.05, 3.63) is 83.4 Å². The topological polar surface area (TPSA) is 117 Å². The molecule has 1 atom stereocenters. The average molecular weight is 638 g/mol. The number of rotatable bonds is 7. The van der Waals surface area contributed by atoms with Gasteiger partial charge in [-0.15, -0.1) is 0 Å². The second-order valence-corrected chi connectivity index (χ2v) is 12.4. The third kappa shape index (κ3) is 8.04. The number of urea groups is 1. The minimum atomic E-state index is -4.54. The number of carbonyl (C=O) groups is 3. The summed E-state index contributed by atoms with van der Waals surface area (Å²) in [6.45, 7) is 5.46. The summed E-state index contributed by atoms with van der Waals surface area (Å²) in [5, 5.41) is 5.75. The fourth-order valence-corrected chi connectivity index (χ4v) is 5.69. The monoisotopic (exact) mass is 637 g/mol. The van der Waals surface area contributed by atoms with E-state index in [9.17, 15) is 27.6 Å². The van der Waals surface area contributed by atoms with Crippen molar-refractivity contribution in [2.45, 2.75) is 57.4 Å². The Kier molecular flexibility index (Phi) is 9.68. The third-order valence-electron chi connectivity index (χ3n) is 7.99. The Balaban J connectivity index is 1.39. The lowest BCUT2D eigenvalue weighted by Crippen LogP contribution is -2.49. The minimum Gasteiger partial charge on any atom is -0.378 e. The predicted octanol–water partition coefficient (Wildman–Crippen LogP) is 5.33. The molecule has 4 amide bonds. The molecule has 9 nitrogen and oxygen atoms in total. The fraction of sp³-hybridized carbons (Fsp3) is 0.382. The van der Waals surface area contributed by atoms with Gasteiger partial charge in [-0.1, -0.05) is 42.5 Å². The summed E-state index contributed by atoms with van der Waals surface area (Å²) in [6.07, 6.45) is -4.24. The second kappa shape index (κ2) is 13.5. The van der Waals surface area contributed by atoms with Crippen LogP contribution in [0.15, 0.2) is 66.7 Å². The highest BCUT2D eigenvalue weighted by Crippen LogP contribution is 2.36. The van der Waals surface area contributed by atoms with Crippen molar-refractivity contribution >= 4 is 29.2 Å². The number of amides is 4. The number of hydrogen-bond acceptors (Lipinski definition) is 5. The minimum absolute atomic E-state index is 0.0161. The van der Waals surface area contributed by atoms with E-state index in [-0.39, 0.29) is 31.8 Å². The van der Waals surface area contributed by atoms with E-state index in [0.29, 0.717) is 43.2 Å². The lowest BCUT2D eigenvalue weighted by Gasteiger charge is -2.28. The predicted molar refractivity (Wildman–Crippen MR) is 169 cm³/mol. The first-order valence-electron chi connectivity index (χ1n) is 15.2. The molecule has 2 aliphatic rings. The number of hydrogen-bond donors (Lipinski definition) is 3. The van der Waals surface area contributed by atoms with E-state index in [1.54, 1.807) is 18.7 Å². The molecule has 0 aliphatic carbocycles. The van der Waals surface area contributed by atoms with Crippen LogP contribution in [-0.2, 0) is 33.5 Å². The Morgan fingerprint density at radius 2 is 1.70 bits per heavy atom. The highest BCUT2D eigenvalue weighted by molar-refractivity contribution is 6.00. The zero-order chi connectivity index (χ0) is 33.1. The van der Waals surface area contributed by atoms with Gasteiger partial charge in [-0.05, 0) is 67.6 Å². The van der Waals surface area contributed by atoms with Crippen molar-refractivity contribution in [1.82, 2.24) is 10.2 Å². The standard InChI is InChI=1S/C34H38F3N5O4/c1-33(2,38)20-30(43)39-28-13-11-24-19-25(34(35,36)37)12-14-29(24)42(31(28)44)21-22-7-9-23(10-8-22)26-5-3-4-6-27(26)40-32(45)41-15-17-46-18-16-41/h3-10,12,14,19,28H,11,13,15-18,20-21,38H2,1-2H3,(H,39,43)(H,40,45)/t28-/m1/s1. The molecule has 0 radical (unpaired) electrons. The summed E-state index contributed by atoms with van der Waals surface area (Å²) < 4.78 is 46.1. The van der Waals surface area contributed by atoms with Crippen molar-refractivity contribution in [3.8, 4) is 11.1 Å². The summed E-state index contributed by atoms with van der Waals surface area (Å²) in [5.74, 6) is -0.821. The van der Waals surface area contributed by atoms with Crippen LogP contribution in [0.25, 0.3) is 11.1 Å². The molecule has 3 aromatic carbocycles. The number of carbonyl (C=O) groups excluding carboxylic acids is 3. The average Bonchev–Trinajstić information content (AvgIpc) is 3.13.